The Labute approximate surface area is 90.0 Å². The third kappa shape index (κ3) is 1.78. The van der Waals surface area contributed by atoms with Gasteiger partial charge in [-0.1, -0.05) is 23.2 Å². The summed E-state index contributed by atoms with van der Waals surface area (Å²) in [6, 6.07) is 0. The number of hydrogen-bond acceptors (Lipinski definition) is 1. The van der Waals surface area contributed by atoms with E-state index in [9.17, 15) is 0 Å². The summed E-state index contributed by atoms with van der Waals surface area (Å²) >= 11 is 14.9. The standard InChI is InChI=1S/C7H9BrCl2N2/c1-7(2,3)12-5(8)4(9)6(10)11-12/h1-3H3. The van der Waals surface area contributed by atoms with E-state index in [4.69, 9.17) is 23.2 Å². The highest BCUT2D eigenvalue weighted by Crippen LogP contribution is 2.32. The molecule has 0 atom stereocenters. The third-order valence-corrected chi connectivity index (χ3v) is 3.05. The summed E-state index contributed by atoms with van der Waals surface area (Å²) in [6.45, 7) is 6.08. The van der Waals surface area contributed by atoms with Crippen LogP contribution in [0.15, 0.2) is 4.60 Å². The van der Waals surface area contributed by atoms with Gasteiger partial charge in [-0.15, -0.1) is 0 Å². The van der Waals surface area contributed by atoms with Crippen molar-refractivity contribution in [2.45, 2.75) is 26.3 Å². The Bertz CT molecular complexity index is 301. The number of hydrogen-bond donors (Lipinski definition) is 0. The lowest BCUT2D eigenvalue weighted by molar-refractivity contribution is 0.349. The fourth-order valence-corrected chi connectivity index (χ4v) is 1.99. The zero-order chi connectivity index (χ0) is 9.52. The van der Waals surface area contributed by atoms with Crippen LogP contribution in [0.5, 0.6) is 0 Å². The first-order valence-electron chi connectivity index (χ1n) is 3.44. The maximum absolute atomic E-state index is 5.84. The van der Waals surface area contributed by atoms with Crippen molar-refractivity contribution in [2.24, 2.45) is 0 Å². The summed E-state index contributed by atoms with van der Waals surface area (Å²) in [5, 5.41) is 4.88. The zero-order valence-electron chi connectivity index (χ0n) is 7.03. The molecule has 68 valence electrons. The maximum atomic E-state index is 5.84. The van der Waals surface area contributed by atoms with Gasteiger partial charge < -0.3 is 0 Å². The van der Waals surface area contributed by atoms with Gasteiger partial charge in [0.25, 0.3) is 0 Å². The van der Waals surface area contributed by atoms with E-state index >= 15 is 0 Å². The SMILES string of the molecule is CC(C)(C)n1nc(Cl)c(Cl)c1Br. The molecule has 0 saturated heterocycles. The molecule has 0 spiro atoms. The van der Waals surface area contributed by atoms with Gasteiger partial charge in [-0.05, 0) is 36.7 Å². The van der Waals surface area contributed by atoms with Crippen molar-refractivity contribution < 1.29 is 0 Å². The fourth-order valence-electron chi connectivity index (χ4n) is 0.798. The Kier molecular flexibility index (Phi) is 2.76. The van der Waals surface area contributed by atoms with Gasteiger partial charge in [0, 0.05) is 0 Å². The molecule has 5 heteroatoms. The molecule has 0 unspecified atom stereocenters. The van der Waals surface area contributed by atoms with Crippen molar-refractivity contribution in [3.8, 4) is 0 Å². The lowest BCUT2D eigenvalue weighted by atomic mass is 10.1. The smallest absolute Gasteiger partial charge is 0.170 e. The van der Waals surface area contributed by atoms with Crippen LogP contribution < -0.4 is 0 Å². The van der Waals surface area contributed by atoms with Gasteiger partial charge in [0.15, 0.2) is 5.15 Å². The van der Waals surface area contributed by atoms with Gasteiger partial charge >= 0.3 is 0 Å². The van der Waals surface area contributed by atoms with Crippen molar-refractivity contribution >= 4 is 39.1 Å². The van der Waals surface area contributed by atoms with E-state index in [1.165, 1.54) is 0 Å². The normalized spacial score (nSPS) is 12.2. The van der Waals surface area contributed by atoms with Crippen LogP contribution in [-0.4, -0.2) is 9.78 Å². The van der Waals surface area contributed by atoms with E-state index < -0.39 is 0 Å². The molecule has 0 saturated carbocycles. The maximum Gasteiger partial charge on any atom is 0.170 e. The first-order valence-corrected chi connectivity index (χ1v) is 4.99. The topological polar surface area (TPSA) is 17.8 Å². The van der Waals surface area contributed by atoms with Gasteiger partial charge in [0.1, 0.15) is 9.63 Å². The molecular formula is C7H9BrCl2N2. The number of halogens is 3. The quantitative estimate of drug-likeness (QED) is 0.704. The highest BCUT2D eigenvalue weighted by Gasteiger charge is 2.21. The Hall–Kier alpha value is 0.270. The molecule has 12 heavy (non-hydrogen) atoms. The lowest BCUT2D eigenvalue weighted by Crippen LogP contribution is -2.23. The first kappa shape index (κ1) is 10.4. The molecule has 0 fully saturated rings. The first-order chi connectivity index (χ1) is 5.34. The lowest BCUT2D eigenvalue weighted by Gasteiger charge is -2.20. The summed E-state index contributed by atoms with van der Waals surface area (Å²) in [7, 11) is 0. The van der Waals surface area contributed by atoms with Crippen LogP contribution in [0, 0.1) is 0 Å². The average molecular weight is 272 g/mol. The Morgan fingerprint density at radius 1 is 1.33 bits per heavy atom. The molecular weight excluding hydrogens is 263 g/mol. The third-order valence-electron chi connectivity index (χ3n) is 1.37. The van der Waals surface area contributed by atoms with E-state index in [0.717, 1.165) is 4.60 Å². The minimum absolute atomic E-state index is 0.115. The molecule has 0 bridgehead atoms. The Morgan fingerprint density at radius 2 is 1.83 bits per heavy atom. The van der Waals surface area contributed by atoms with E-state index in [1.54, 1.807) is 4.68 Å². The molecule has 1 aromatic heterocycles. The zero-order valence-corrected chi connectivity index (χ0v) is 10.1. The van der Waals surface area contributed by atoms with Crippen LogP contribution in [0.25, 0.3) is 0 Å². The second-order valence-electron chi connectivity index (χ2n) is 3.48. The van der Waals surface area contributed by atoms with E-state index in [0.29, 0.717) is 10.2 Å². The van der Waals surface area contributed by atoms with Crippen molar-refractivity contribution in [1.29, 1.82) is 0 Å². The summed E-state index contributed by atoms with van der Waals surface area (Å²) in [6.07, 6.45) is 0. The summed E-state index contributed by atoms with van der Waals surface area (Å²) in [5.41, 5.74) is -0.115. The summed E-state index contributed by atoms with van der Waals surface area (Å²) < 4.78 is 2.47. The average Bonchev–Trinajstić information content (AvgIpc) is 2.15. The van der Waals surface area contributed by atoms with Crippen molar-refractivity contribution in [3.63, 3.8) is 0 Å². The molecule has 0 aliphatic rings. The van der Waals surface area contributed by atoms with Crippen LogP contribution in [0.1, 0.15) is 20.8 Å². The van der Waals surface area contributed by atoms with Crippen molar-refractivity contribution in [1.82, 2.24) is 9.78 Å². The van der Waals surface area contributed by atoms with E-state index in [1.807, 2.05) is 20.8 Å². The van der Waals surface area contributed by atoms with Crippen LogP contribution in [0.4, 0.5) is 0 Å². The summed E-state index contributed by atoms with van der Waals surface area (Å²) in [5.74, 6) is 0. The van der Waals surface area contributed by atoms with Gasteiger partial charge in [0.2, 0.25) is 0 Å². The molecule has 0 aliphatic carbocycles. The van der Waals surface area contributed by atoms with Gasteiger partial charge in [-0.2, -0.15) is 5.10 Å². The van der Waals surface area contributed by atoms with Crippen molar-refractivity contribution in [3.05, 3.63) is 14.8 Å². The molecule has 1 aromatic rings. The molecule has 0 amide bonds. The van der Waals surface area contributed by atoms with E-state index in [2.05, 4.69) is 21.0 Å². The van der Waals surface area contributed by atoms with Crippen LogP contribution >= 0.6 is 39.1 Å². The van der Waals surface area contributed by atoms with Gasteiger partial charge in [-0.25, -0.2) is 0 Å². The van der Waals surface area contributed by atoms with Crippen LogP contribution in [-0.2, 0) is 5.54 Å². The second kappa shape index (κ2) is 3.20. The summed E-state index contributed by atoms with van der Waals surface area (Å²) in [4.78, 5) is 0. The Morgan fingerprint density at radius 3 is 2.00 bits per heavy atom. The van der Waals surface area contributed by atoms with Crippen LogP contribution in [0.3, 0.4) is 0 Å². The molecule has 0 radical (unpaired) electrons. The molecule has 1 heterocycles. The van der Waals surface area contributed by atoms with E-state index in [-0.39, 0.29) is 5.54 Å². The number of nitrogens with zero attached hydrogens (tertiary/aromatic N) is 2. The minimum atomic E-state index is -0.115. The number of aromatic nitrogens is 2. The minimum Gasteiger partial charge on any atom is -0.250 e. The molecule has 0 aliphatic heterocycles. The number of rotatable bonds is 0. The van der Waals surface area contributed by atoms with Gasteiger partial charge in [-0.3, -0.25) is 4.68 Å². The predicted molar refractivity (Wildman–Crippen MR) is 54.9 cm³/mol. The second-order valence-corrected chi connectivity index (χ2v) is 4.97. The highest BCUT2D eigenvalue weighted by atomic mass is 79.9. The van der Waals surface area contributed by atoms with Crippen LogP contribution in [0.2, 0.25) is 10.2 Å². The molecule has 1 rings (SSSR count). The molecule has 2 nitrogen and oxygen atoms in total. The van der Waals surface area contributed by atoms with Crippen molar-refractivity contribution in [2.75, 3.05) is 0 Å². The largest absolute Gasteiger partial charge is 0.250 e. The Balaban J connectivity index is 3.28. The monoisotopic (exact) mass is 270 g/mol. The molecule has 0 aromatic carbocycles. The molecule has 0 N–H and O–H groups in total. The fraction of sp³-hybridized carbons (Fsp3) is 0.571. The highest BCUT2D eigenvalue weighted by molar-refractivity contribution is 9.10. The predicted octanol–water partition coefficient (Wildman–Crippen LogP) is 3.71. The van der Waals surface area contributed by atoms with Gasteiger partial charge in [0.05, 0.1) is 5.54 Å².